The largest absolute Gasteiger partial charge is 0.325 e. The lowest BCUT2D eigenvalue weighted by Gasteiger charge is -2.24. The molecular formula is C33H30ClN3O3S. The lowest BCUT2D eigenvalue weighted by Crippen LogP contribution is -2.34. The monoisotopic (exact) mass is 583 g/mol. The average Bonchev–Trinajstić information content (AvgIpc) is 2.97. The summed E-state index contributed by atoms with van der Waals surface area (Å²) in [6.45, 7) is 5.55. The van der Waals surface area contributed by atoms with Gasteiger partial charge in [0.2, 0.25) is 5.91 Å². The molecule has 0 aliphatic carbocycles. The summed E-state index contributed by atoms with van der Waals surface area (Å²) in [5, 5.41) is 9.15. The number of hydrogen-bond acceptors (Lipinski definition) is 4. The standard InChI is InChI=1S/C33H30ClN3O3S/c1-22-27(34)15-10-16-28(22)37-32(40)33(2,3)41-26-19-17-25(18-20-26)35-31(39)29(21-23-11-6-4-7-12-23)36-30(38)24-13-8-5-9-14-24/h4-21H,1-3H3,(H,35,39)(H,36,38)(H,37,40). The number of carbonyl (C=O) groups excluding carboxylic acids is 3. The quantitative estimate of drug-likeness (QED) is 0.140. The molecule has 3 amide bonds. The minimum Gasteiger partial charge on any atom is -0.325 e. The fraction of sp³-hybridized carbons (Fsp3) is 0.121. The molecule has 0 aromatic heterocycles. The van der Waals surface area contributed by atoms with Crippen molar-refractivity contribution in [1.82, 2.24) is 5.32 Å². The van der Waals surface area contributed by atoms with Crippen LogP contribution in [0.1, 0.15) is 35.3 Å². The number of carbonyl (C=O) groups is 3. The number of halogens is 1. The van der Waals surface area contributed by atoms with E-state index in [0.717, 1.165) is 16.0 Å². The minimum absolute atomic E-state index is 0.109. The maximum Gasteiger partial charge on any atom is 0.272 e. The summed E-state index contributed by atoms with van der Waals surface area (Å²) < 4.78 is -0.785. The van der Waals surface area contributed by atoms with E-state index < -0.39 is 10.7 Å². The molecule has 0 bridgehead atoms. The highest BCUT2D eigenvalue weighted by molar-refractivity contribution is 8.01. The zero-order valence-electron chi connectivity index (χ0n) is 22.9. The molecule has 0 heterocycles. The average molecular weight is 584 g/mol. The van der Waals surface area contributed by atoms with Gasteiger partial charge in [0, 0.05) is 26.9 Å². The summed E-state index contributed by atoms with van der Waals surface area (Å²) in [5.41, 5.74) is 3.35. The van der Waals surface area contributed by atoms with E-state index in [-0.39, 0.29) is 17.5 Å². The van der Waals surface area contributed by atoms with Crippen molar-refractivity contribution in [2.24, 2.45) is 0 Å². The predicted octanol–water partition coefficient (Wildman–Crippen LogP) is 7.57. The Morgan fingerprint density at radius 2 is 1.41 bits per heavy atom. The summed E-state index contributed by atoms with van der Waals surface area (Å²) in [5.74, 6) is -1.01. The first-order valence-electron chi connectivity index (χ1n) is 12.9. The van der Waals surface area contributed by atoms with E-state index in [1.807, 2.05) is 75.4 Å². The molecule has 4 rings (SSSR count). The molecule has 0 saturated carbocycles. The summed E-state index contributed by atoms with van der Waals surface area (Å²) >= 11 is 7.59. The van der Waals surface area contributed by atoms with Gasteiger partial charge in [-0.15, -0.1) is 11.8 Å². The van der Waals surface area contributed by atoms with Crippen molar-refractivity contribution in [3.63, 3.8) is 0 Å². The van der Waals surface area contributed by atoms with E-state index in [0.29, 0.717) is 22.0 Å². The van der Waals surface area contributed by atoms with Crippen LogP contribution in [0.2, 0.25) is 5.02 Å². The molecule has 0 aliphatic rings. The normalized spacial score (nSPS) is 11.5. The first-order valence-corrected chi connectivity index (χ1v) is 14.1. The van der Waals surface area contributed by atoms with Gasteiger partial charge in [-0.2, -0.15) is 0 Å². The third kappa shape index (κ3) is 8.10. The zero-order chi connectivity index (χ0) is 29.4. The first kappa shape index (κ1) is 29.6. The van der Waals surface area contributed by atoms with Crippen LogP contribution in [0.5, 0.6) is 0 Å². The van der Waals surface area contributed by atoms with Crippen LogP contribution < -0.4 is 16.0 Å². The maximum absolute atomic E-state index is 13.3. The van der Waals surface area contributed by atoms with Crippen LogP contribution >= 0.6 is 23.4 Å². The Hall–Kier alpha value is -4.33. The molecule has 41 heavy (non-hydrogen) atoms. The molecule has 4 aromatic carbocycles. The van der Waals surface area contributed by atoms with Gasteiger partial charge in [-0.05, 0) is 86.5 Å². The Labute approximate surface area is 249 Å². The number of rotatable bonds is 9. The number of hydrogen-bond donors (Lipinski definition) is 3. The van der Waals surface area contributed by atoms with E-state index in [2.05, 4.69) is 16.0 Å². The van der Waals surface area contributed by atoms with Crippen LogP contribution in [0.3, 0.4) is 0 Å². The van der Waals surface area contributed by atoms with Gasteiger partial charge in [-0.25, -0.2) is 0 Å². The highest BCUT2D eigenvalue weighted by atomic mass is 35.5. The number of anilines is 2. The van der Waals surface area contributed by atoms with Gasteiger partial charge in [-0.3, -0.25) is 14.4 Å². The molecule has 6 nitrogen and oxygen atoms in total. The van der Waals surface area contributed by atoms with Crippen LogP contribution in [0, 0.1) is 6.92 Å². The maximum atomic E-state index is 13.3. The molecule has 8 heteroatoms. The van der Waals surface area contributed by atoms with Crippen molar-refractivity contribution in [1.29, 1.82) is 0 Å². The molecule has 0 atom stereocenters. The van der Waals surface area contributed by atoms with Gasteiger partial charge in [0.15, 0.2) is 0 Å². The zero-order valence-corrected chi connectivity index (χ0v) is 24.5. The fourth-order valence-corrected chi connectivity index (χ4v) is 5.00. The molecule has 0 spiro atoms. The van der Waals surface area contributed by atoms with Gasteiger partial charge >= 0.3 is 0 Å². The van der Waals surface area contributed by atoms with Crippen LogP contribution in [0.15, 0.2) is 114 Å². The molecule has 208 valence electrons. The topological polar surface area (TPSA) is 87.3 Å². The summed E-state index contributed by atoms with van der Waals surface area (Å²) in [6, 6.07) is 30.6. The van der Waals surface area contributed by atoms with Crippen molar-refractivity contribution in [2.45, 2.75) is 30.4 Å². The van der Waals surface area contributed by atoms with Gasteiger partial charge in [0.1, 0.15) is 5.70 Å². The SMILES string of the molecule is Cc1c(Cl)cccc1NC(=O)C(C)(C)Sc1ccc(NC(=O)C(=Cc2ccccc2)NC(=O)c2ccccc2)cc1. The van der Waals surface area contributed by atoms with Crippen LogP contribution in [-0.2, 0) is 9.59 Å². The Morgan fingerprint density at radius 1 is 0.780 bits per heavy atom. The fourth-order valence-electron chi connectivity index (χ4n) is 3.82. The number of nitrogens with one attached hydrogen (secondary N) is 3. The summed E-state index contributed by atoms with van der Waals surface area (Å²) in [4.78, 5) is 40.0. The van der Waals surface area contributed by atoms with Crippen molar-refractivity contribution in [2.75, 3.05) is 10.6 Å². The lowest BCUT2D eigenvalue weighted by atomic mass is 10.1. The number of benzene rings is 4. The second-order valence-electron chi connectivity index (χ2n) is 9.75. The molecule has 0 fully saturated rings. The van der Waals surface area contributed by atoms with Crippen molar-refractivity contribution in [3.8, 4) is 0 Å². The number of amides is 3. The van der Waals surface area contributed by atoms with E-state index >= 15 is 0 Å². The van der Waals surface area contributed by atoms with Gasteiger partial charge < -0.3 is 16.0 Å². The third-order valence-electron chi connectivity index (χ3n) is 6.19. The van der Waals surface area contributed by atoms with E-state index in [4.69, 9.17) is 11.6 Å². The second kappa shape index (κ2) is 13.4. The van der Waals surface area contributed by atoms with Crippen LogP contribution in [0.4, 0.5) is 11.4 Å². The highest BCUT2D eigenvalue weighted by Gasteiger charge is 2.29. The molecule has 4 aromatic rings. The van der Waals surface area contributed by atoms with Gasteiger partial charge in [-0.1, -0.05) is 66.2 Å². The molecule has 0 unspecified atom stereocenters. The molecule has 3 N–H and O–H groups in total. The first-order chi connectivity index (χ1) is 19.6. The van der Waals surface area contributed by atoms with E-state index in [9.17, 15) is 14.4 Å². The Kier molecular flexibility index (Phi) is 9.65. The van der Waals surface area contributed by atoms with Gasteiger partial charge in [0.25, 0.3) is 11.8 Å². The summed E-state index contributed by atoms with van der Waals surface area (Å²) in [7, 11) is 0. The highest BCUT2D eigenvalue weighted by Crippen LogP contribution is 2.35. The predicted molar refractivity (Wildman–Crippen MR) is 168 cm³/mol. The smallest absolute Gasteiger partial charge is 0.272 e. The van der Waals surface area contributed by atoms with E-state index in [1.165, 1.54) is 11.8 Å². The van der Waals surface area contributed by atoms with Crippen molar-refractivity contribution in [3.05, 3.63) is 131 Å². The molecule has 0 radical (unpaired) electrons. The van der Waals surface area contributed by atoms with Crippen LogP contribution in [0.25, 0.3) is 6.08 Å². The molecule has 0 aliphatic heterocycles. The Balaban J connectivity index is 1.45. The third-order valence-corrected chi connectivity index (χ3v) is 7.80. The van der Waals surface area contributed by atoms with Gasteiger partial charge in [0.05, 0.1) is 4.75 Å². The molecule has 0 saturated heterocycles. The van der Waals surface area contributed by atoms with Crippen molar-refractivity contribution >= 4 is 58.5 Å². The van der Waals surface area contributed by atoms with Crippen LogP contribution in [-0.4, -0.2) is 22.5 Å². The Morgan fingerprint density at radius 3 is 2.07 bits per heavy atom. The Bertz CT molecular complexity index is 1570. The lowest BCUT2D eigenvalue weighted by molar-refractivity contribution is -0.117. The van der Waals surface area contributed by atoms with E-state index in [1.54, 1.807) is 54.6 Å². The minimum atomic E-state index is -0.785. The second-order valence-corrected chi connectivity index (χ2v) is 11.8. The molecular weight excluding hydrogens is 554 g/mol. The van der Waals surface area contributed by atoms with Crippen molar-refractivity contribution < 1.29 is 14.4 Å². The number of thioether (sulfide) groups is 1. The summed E-state index contributed by atoms with van der Waals surface area (Å²) in [6.07, 6.45) is 1.63.